The Kier molecular flexibility index (Phi) is 5.04. The maximum Gasteiger partial charge on any atom is 0.359 e. The van der Waals surface area contributed by atoms with Crippen LogP contribution in [0.3, 0.4) is 0 Å². The minimum absolute atomic E-state index is 0.127. The molecule has 6 nitrogen and oxygen atoms in total. The van der Waals surface area contributed by atoms with Crippen LogP contribution in [0.2, 0.25) is 0 Å². The number of esters is 1. The lowest BCUT2D eigenvalue weighted by atomic mass is 9.97. The Bertz CT molecular complexity index is 1040. The molecule has 0 bridgehead atoms. The van der Waals surface area contributed by atoms with Crippen LogP contribution < -0.4 is 0 Å². The van der Waals surface area contributed by atoms with E-state index in [2.05, 4.69) is 16.8 Å². The van der Waals surface area contributed by atoms with Crippen LogP contribution in [0.4, 0.5) is 0 Å². The fraction of sp³-hybridized carbons (Fsp3) is 0.435. The number of carbonyl (C=O) groups is 2. The average Bonchev–Trinajstić information content (AvgIpc) is 2.96. The van der Waals surface area contributed by atoms with Gasteiger partial charge in [0.05, 0.1) is 23.5 Å². The fourth-order valence-corrected chi connectivity index (χ4v) is 2.99. The van der Waals surface area contributed by atoms with Crippen molar-refractivity contribution in [3.05, 3.63) is 47.0 Å². The second-order valence-electron chi connectivity index (χ2n) is 9.30. The van der Waals surface area contributed by atoms with Crippen LogP contribution in [0.25, 0.3) is 5.69 Å². The second-order valence-corrected chi connectivity index (χ2v) is 9.30. The number of ether oxygens (including phenoxy) is 1. The van der Waals surface area contributed by atoms with Crippen molar-refractivity contribution in [2.75, 3.05) is 7.05 Å². The highest BCUT2D eigenvalue weighted by atomic mass is 16.6. The molecule has 0 spiro atoms. The van der Waals surface area contributed by atoms with E-state index in [-0.39, 0.29) is 23.6 Å². The van der Waals surface area contributed by atoms with Gasteiger partial charge in [0.15, 0.2) is 5.69 Å². The molecule has 2 heterocycles. The van der Waals surface area contributed by atoms with Crippen LogP contribution in [0, 0.1) is 17.3 Å². The van der Waals surface area contributed by atoms with E-state index in [9.17, 15) is 9.59 Å². The lowest BCUT2D eigenvalue weighted by Gasteiger charge is -2.19. The van der Waals surface area contributed by atoms with Gasteiger partial charge in [-0.2, -0.15) is 0 Å². The molecule has 2 aromatic rings. The van der Waals surface area contributed by atoms with Gasteiger partial charge >= 0.3 is 5.97 Å². The molecule has 6 heteroatoms. The Balaban J connectivity index is 2.10. The van der Waals surface area contributed by atoms with Crippen molar-refractivity contribution in [2.45, 2.75) is 53.7 Å². The summed E-state index contributed by atoms with van der Waals surface area (Å²) in [5, 5.41) is 0. The van der Waals surface area contributed by atoms with E-state index < -0.39 is 11.6 Å². The van der Waals surface area contributed by atoms with Crippen molar-refractivity contribution in [1.82, 2.24) is 14.5 Å². The topological polar surface area (TPSA) is 64.4 Å². The molecular weight excluding hydrogens is 366 g/mol. The Morgan fingerprint density at radius 2 is 1.86 bits per heavy atom. The van der Waals surface area contributed by atoms with Crippen LogP contribution >= 0.6 is 0 Å². The first-order valence-corrected chi connectivity index (χ1v) is 9.58. The van der Waals surface area contributed by atoms with Gasteiger partial charge in [0, 0.05) is 18.0 Å². The maximum atomic E-state index is 13.0. The smallest absolute Gasteiger partial charge is 0.359 e. The third-order valence-corrected chi connectivity index (χ3v) is 4.26. The molecule has 0 N–H and O–H groups in total. The highest BCUT2D eigenvalue weighted by Crippen LogP contribution is 2.27. The normalized spacial score (nSPS) is 13.8. The molecule has 0 saturated carbocycles. The SMILES string of the molecule is CN1Cc2c(C(=O)OC(C)(C)C)ncn2-c2ccc(C#CC(C)(C)C)cc2C1=O. The van der Waals surface area contributed by atoms with Crippen molar-refractivity contribution < 1.29 is 14.3 Å². The lowest BCUT2D eigenvalue weighted by Crippen LogP contribution is -2.27. The summed E-state index contributed by atoms with van der Waals surface area (Å²) in [6.07, 6.45) is 1.57. The third-order valence-electron chi connectivity index (χ3n) is 4.26. The number of carbonyl (C=O) groups excluding carboxylic acids is 2. The van der Waals surface area contributed by atoms with Crippen LogP contribution in [0.5, 0.6) is 0 Å². The Morgan fingerprint density at radius 3 is 2.48 bits per heavy atom. The van der Waals surface area contributed by atoms with Crippen molar-refractivity contribution >= 4 is 11.9 Å². The number of benzene rings is 1. The Hall–Kier alpha value is -3.07. The fourth-order valence-electron chi connectivity index (χ4n) is 2.99. The van der Waals surface area contributed by atoms with Gasteiger partial charge in [0.2, 0.25) is 0 Å². The first kappa shape index (κ1) is 20.7. The van der Waals surface area contributed by atoms with Gasteiger partial charge in [-0.05, 0) is 59.7 Å². The maximum absolute atomic E-state index is 13.0. The molecule has 0 atom stereocenters. The number of rotatable bonds is 1. The van der Waals surface area contributed by atoms with E-state index in [1.54, 1.807) is 28.9 Å². The first-order valence-electron chi connectivity index (χ1n) is 9.58. The van der Waals surface area contributed by atoms with Crippen LogP contribution in [-0.4, -0.2) is 39.0 Å². The molecule has 1 aromatic carbocycles. The van der Waals surface area contributed by atoms with E-state index >= 15 is 0 Å². The van der Waals surface area contributed by atoms with Crippen LogP contribution in [0.15, 0.2) is 24.5 Å². The van der Waals surface area contributed by atoms with Crippen molar-refractivity contribution in [3.8, 4) is 17.5 Å². The molecule has 1 aliphatic heterocycles. The predicted molar refractivity (Wildman–Crippen MR) is 111 cm³/mol. The zero-order chi connectivity index (χ0) is 21.6. The molecule has 0 fully saturated rings. The van der Waals surface area contributed by atoms with E-state index in [1.165, 1.54) is 0 Å². The lowest BCUT2D eigenvalue weighted by molar-refractivity contribution is 0.00608. The summed E-state index contributed by atoms with van der Waals surface area (Å²) in [6, 6.07) is 5.53. The summed E-state index contributed by atoms with van der Waals surface area (Å²) >= 11 is 0. The van der Waals surface area contributed by atoms with E-state index in [4.69, 9.17) is 4.74 Å². The summed E-state index contributed by atoms with van der Waals surface area (Å²) in [7, 11) is 1.71. The Morgan fingerprint density at radius 1 is 1.17 bits per heavy atom. The Labute approximate surface area is 171 Å². The molecule has 0 radical (unpaired) electrons. The van der Waals surface area contributed by atoms with Gasteiger partial charge < -0.3 is 9.64 Å². The zero-order valence-electron chi connectivity index (χ0n) is 18.1. The van der Waals surface area contributed by atoms with E-state index in [0.717, 1.165) is 5.56 Å². The predicted octanol–water partition coefficient (Wildman–Crippen LogP) is 3.81. The van der Waals surface area contributed by atoms with Gasteiger partial charge in [0.25, 0.3) is 5.91 Å². The zero-order valence-corrected chi connectivity index (χ0v) is 18.1. The van der Waals surface area contributed by atoms with Crippen molar-refractivity contribution in [2.24, 2.45) is 5.41 Å². The third kappa shape index (κ3) is 4.51. The highest BCUT2D eigenvalue weighted by Gasteiger charge is 2.30. The summed E-state index contributed by atoms with van der Waals surface area (Å²) in [6.45, 7) is 11.8. The van der Waals surface area contributed by atoms with Crippen molar-refractivity contribution in [3.63, 3.8) is 0 Å². The largest absolute Gasteiger partial charge is 0.455 e. The van der Waals surface area contributed by atoms with E-state index in [1.807, 2.05) is 53.7 Å². The molecule has 1 amide bonds. The van der Waals surface area contributed by atoms with Crippen LogP contribution in [-0.2, 0) is 11.3 Å². The average molecular weight is 393 g/mol. The molecule has 0 saturated heterocycles. The van der Waals surface area contributed by atoms with Gasteiger partial charge in [-0.15, -0.1) is 0 Å². The van der Waals surface area contributed by atoms with Gasteiger partial charge in [-0.3, -0.25) is 9.36 Å². The molecule has 0 aliphatic carbocycles. The monoisotopic (exact) mass is 393 g/mol. The highest BCUT2D eigenvalue weighted by molar-refractivity contribution is 5.99. The number of nitrogens with zero attached hydrogens (tertiary/aromatic N) is 3. The van der Waals surface area contributed by atoms with Gasteiger partial charge in [0.1, 0.15) is 11.9 Å². The number of aromatic nitrogens is 2. The summed E-state index contributed by atoms with van der Waals surface area (Å²) in [5.41, 5.74) is 2.08. The molecule has 152 valence electrons. The first-order chi connectivity index (χ1) is 13.4. The molecule has 1 aliphatic rings. The molecule has 3 rings (SSSR count). The number of hydrogen-bond acceptors (Lipinski definition) is 4. The molecule has 1 aromatic heterocycles. The quantitative estimate of drug-likeness (QED) is 0.546. The summed E-state index contributed by atoms with van der Waals surface area (Å²) < 4.78 is 7.27. The van der Waals surface area contributed by atoms with Crippen LogP contribution in [0.1, 0.15) is 73.6 Å². The number of fused-ring (bicyclic) bond motifs is 3. The minimum Gasteiger partial charge on any atom is -0.455 e. The second kappa shape index (κ2) is 7.07. The van der Waals surface area contributed by atoms with Gasteiger partial charge in [-0.1, -0.05) is 11.8 Å². The minimum atomic E-state index is -0.626. The van der Waals surface area contributed by atoms with Crippen molar-refractivity contribution in [1.29, 1.82) is 0 Å². The number of imidazole rings is 1. The molecule has 0 unspecified atom stereocenters. The van der Waals surface area contributed by atoms with E-state index in [0.29, 0.717) is 16.9 Å². The molecule has 29 heavy (non-hydrogen) atoms. The standard InChI is InChI=1S/C23H27N3O3/c1-22(2,3)11-10-15-8-9-17-16(12-15)20(27)25(7)13-18-19(24-14-26(17)18)21(28)29-23(4,5)6/h8-9,12,14H,13H2,1-7H3. The summed E-state index contributed by atoms with van der Waals surface area (Å²) in [4.78, 5) is 31.5. The molecular formula is C23H27N3O3. The number of amides is 1. The number of hydrogen-bond donors (Lipinski definition) is 0. The summed E-state index contributed by atoms with van der Waals surface area (Å²) in [5.74, 6) is 5.71. The van der Waals surface area contributed by atoms with Gasteiger partial charge in [-0.25, -0.2) is 9.78 Å².